The molecule has 0 radical (unpaired) electrons. The van der Waals surface area contributed by atoms with Gasteiger partial charge in [-0.25, -0.2) is 8.78 Å². The van der Waals surface area contributed by atoms with Crippen molar-refractivity contribution in [2.75, 3.05) is 6.61 Å². The van der Waals surface area contributed by atoms with Crippen molar-refractivity contribution in [2.24, 2.45) is 0 Å². The monoisotopic (exact) mass is 296 g/mol. The predicted octanol–water partition coefficient (Wildman–Crippen LogP) is 4.19. The summed E-state index contributed by atoms with van der Waals surface area (Å²) in [4.78, 5) is 11.8. The van der Waals surface area contributed by atoms with Gasteiger partial charge < -0.3 is 4.74 Å². The maximum absolute atomic E-state index is 13.4. The highest BCUT2D eigenvalue weighted by molar-refractivity contribution is 6.32. The first-order valence-corrected chi connectivity index (χ1v) is 6.22. The highest BCUT2D eigenvalue weighted by Gasteiger charge is 2.14. The third-order valence-corrected chi connectivity index (χ3v) is 2.97. The number of Topliss-reactive ketones (excluding diaryl/α,β-unsaturated/α-hetero) is 1. The minimum Gasteiger partial charge on any atom is -0.484 e. The Kier molecular flexibility index (Phi) is 4.35. The summed E-state index contributed by atoms with van der Waals surface area (Å²) in [6.07, 6.45) is 0. The Morgan fingerprint density at radius 3 is 2.60 bits per heavy atom. The van der Waals surface area contributed by atoms with Gasteiger partial charge in [-0.1, -0.05) is 17.7 Å². The zero-order valence-electron chi connectivity index (χ0n) is 10.6. The molecule has 2 rings (SSSR count). The normalized spacial score (nSPS) is 10.4. The molecule has 0 saturated heterocycles. The first kappa shape index (κ1) is 14.5. The van der Waals surface area contributed by atoms with Gasteiger partial charge in [0.05, 0.1) is 10.6 Å². The fraction of sp³-hybridized carbons (Fsp3) is 0.133. The molecule has 0 atom stereocenters. The van der Waals surface area contributed by atoms with E-state index in [0.717, 1.165) is 17.7 Å². The molecule has 104 valence electrons. The van der Waals surface area contributed by atoms with E-state index in [1.54, 1.807) is 18.2 Å². The minimum absolute atomic E-state index is 0.213. The average molecular weight is 297 g/mol. The molecule has 0 aliphatic rings. The molecule has 0 aliphatic carbocycles. The smallest absolute Gasteiger partial charge is 0.203 e. The second kappa shape index (κ2) is 6.01. The lowest BCUT2D eigenvalue weighted by Crippen LogP contribution is -2.13. The SMILES string of the molecule is Cc1ccc(OCC(=O)c2ccc(F)cc2F)c(Cl)c1. The van der Waals surface area contributed by atoms with E-state index in [1.807, 2.05) is 6.92 Å². The van der Waals surface area contributed by atoms with Crippen molar-refractivity contribution >= 4 is 17.4 Å². The Morgan fingerprint density at radius 1 is 1.20 bits per heavy atom. The Labute approximate surface area is 119 Å². The molecule has 0 fully saturated rings. The Hall–Kier alpha value is -1.94. The van der Waals surface area contributed by atoms with Crippen LogP contribution in [-0.2, 0) is 0 Å². The number of ether oxygens (including phenoxy) is 1. The molecule has 0 saturated carbocycles. The van der Waals surface area contributed by atoms with Crippen LogP contribution in [0.1, 0.15) is 15.9 Å². The van der Waals surface area contributed by atoms with Gasteiger partial charge >= 0.3 is 0 Å². The van der Waals surface area contributed by atoms with E-state index in [9.17, 15) is 13.6 Å². The van der Waals surface area contributed by atoms with Crippen molar-refractivity contribution in [3.8, 4) is 5.75 Å². The summed E-state index contributed by atoms with van der Waals surface area (Å²) in [7, 11) is 0. The molecule has 0 unspecified atom stereocenters. The van der Waals surface area contributed by atoms with Crippen molar-refractivity contribution in [2.45, 2.75) is 6.92 Å². The van der Waals surface area contributed by atoms with Gasteiger partial charge in [0, 0.05) is 6.07 Å². The maximum atomic E-state index is 13.4. The van der Waals surface area contributed by atoms with Gasteiger partial charge in [-0.3, -0.25) is 4.79 Å². The quantitative estimate of drug-likeness (QED) is 0.791. The lowest BCUT2D eigenvalue weighted by Gasteiger charge is -2.08. The topological polar surface area (TPSA) is 26.3 Å². The van der Waals surface area contributed by atoms with E-state index in [2.05, 4.69) is 0 Å². The van der Waals surface area contributed by atoms with Crippen LogP contribution in [-0.4, -0.2) is 12.4 Å². The summed E-state index contributed by atoms with van der Waals surface area (Å²) in [5.74, 6) is -1.89. The van der Waals surface area contributed by atoms with Gasteiger partial charge in [0.15, 0.2) is 6.61 Å². The molecule has 5 heteroatoms. The van der Waals surface area contributed by atoms with Gasteiger partial charge in [-0.15, -0.1) is 0 Å². The number of hydrogen-bond donors (Lipinski definition) is 0. The van der Waals surface area contributed by atoms with E-state index in [-0.39, 0.29) is 12.2 Å². The van der Waals surface area contributed by atoms with Gasteiger partial charge in [0.2, 0.25) is 5.78 Å². The van der Waals surface area contributed by atoms with Crippen LogP contribution in [0.2, 0.25) is 5.02 Å². The molecular weight excluding hydrogens is 286 g/mol. The molecular formula is C15H11ClF2O2. The van der Waals surface area contributed by atoms with Crippen molar-refractivity contribution < 1.29 is 18.3 Å². The number of benzene rings is 2. The average Bonchev–Trinajstić information content (AvgIpc) is 2.37. The third-order valence-electron chi connectivity index (χ3n) is 2.68. The first-order chi connectivity index (χ1) is 9.47. The predicted molar refractivity (Wildman–Crippen MR) is 72.4 cm³/mol. The molecule has 2 aromatic rings. The summed E-state index contributed by atoms with van der Waals surface area (Å²) < 4.78 is 31.4. The number of halogens is 3. The van der Waals surface area contributed by atoms with Gasteiger partial charge in [-0.2, -0.15) is 0 Å². The van der Waals surface area contributed by atoms with Crippen molar-refractivity contribution in [3.63, 3.8) is 0 Å². The summed E-state index contributed by atoms with van der Waals surface area (Å²) in [6.45, 7) is 1.50. The second-order valence-electron chi connectivity index (χ2n) is 4.27. The molecule has 2 aromatic carbocycles. The summed E-state index contributed by atoms with van der Waals surface area (Å²) in [5, 5.41) is 0.373. The number of carbonyl (C=O) groups is 1. The van der Waals surface area contributed by atoms with Crippen LogP contribution in [0, 0.1) is 18.6 Å². The number of rotatable bonds is 4. The van der Waals surface area contributed by atoms with E-state index in [1.165, 1.54) is 0 Å². The molecule has 0 aliphatic heterocycles. The maximum Gasteiger partial charge on any atom is 0.203 e. The largest absolute Gasteiger partial charge is 0.484 e. The fourth-order valence-electron chi connectivity index (χ4n) is 1.66. The van der Waals surface area contributed by atoms with Gasteiger partial charge in [-0.05, 0) is 36.8 Å². The zero-order chi connectivity index (χ0) is 14.7. The summed E-state index contributed by atoms with van der Waals surface area (Å²) in [5.41, 5.74) is 0.743. The van der Waals surface area contributed by atoms with Gasteiger partial charge in [0.1, 0.15) is 17.4 Å². The molecule has 0 bridgehead atoms. The summed E-state index contributed by atoms with van der Waals surface area (Å²) in [6, 6.07) is 7.88. The van der Waals surface area contributed by atoms with Crippen LogP contribution in [0.4, 0.5) is 8.78 Å². The zero-order valence-corrected chi connectivity index (χ0v) is 11.4. The molecule has 0 heterocycles. The standard InChI is InChI=1S/C15H11ClF2O2/c1-9-2-5-15(12(16)6-9)20-8-14(19)11-4-3-10(17)7-13(11)18/h2-7H,8H2,1H3. The van der Waals surface area contributed by atoms with Gasteiger partial charge in [0.25, 0.3) is 0 Å². The van der Waals surface area contributed by atoms with E-state index < -0.39 is 17.4 Å². The fourth-order valence-corrected chi connectivity index (χ4v) is 1.95. The van der Waals surface area contributed by atoms with Crippen molar-refractivity contribution in [3.05, 3.63) is 64.2 Å². The first-order valence-electron chi connectivity index (χ1n) is 5.84. The Balaban J connectivity index is 2.08. The lowest BCUT2D eigenvalue weighted by atomic mass is 10.1. The van der Waals surface area contributed by atoms with Crippen LogP contribution in [0.5, 0.6) is 5.75 Å². The number of hydrogen-bond acceptors (Lipinski definition) is 2. The highest BCUT2D eigenvalue weighted by Crippen LogP contribution is 2.25. The van der Waals surface area contributed by atoms with Crippen LogP contribution in [0.3, 0.4) is 0 Å². The van der Waals surface area contributed by atoms with Crippen molar-refractivity contribution in [1.82, 2.24) is 0 Å². The minimum atomic E-state index is -0.909. The molecule has 2 nitrogen and oxygen atoms in total. The van der Waals surface area contributed by atoms with E-state index >= 15 is 0 Å². The highest BCUT2D eigenvalue weighted by atomic mass is 35.5. The van der Waals surface area contributed by atoms with Crippen LogP contribution >= 0.6 is 11.6 Å². The molecule has 20 heavy (non-hydrogen) atoms. The molecule has 0 spiro atoms. The number of ketones is 1. The van der Waals surface area contributed by atoms with Crippen molar-refractivity contribution in [1.29, 1.82) is 0 Å². The van der Waals surface area contributed by atoms with Crippen LogP contribution < -0.4 is 4.74 Å². The Morgan fingerprint density at radius 2 is 1.95 bits per heavy atom. The van der Waals surface area contributed by atoms with Crippen LogP contribution in [0.25, 0.3) is 0 Å². The second-order valence-corrected chi connectivity index (χ2v) is 4.68. The van der Waals surface area contributed by atoms with E-state index in [4.69, 9.17) is 16.3 Å². The molecule has 0 aromatic heterocycles. The number of aryl methyl sites for hydroxylation is 1. The Bertz CT molecular complexity index is 656. The summed E-state index contributed by atoms with van der Waals surface area (Å²) >= 11 is 5.95. The lowest BCUT2D eigenvalue weighted by molar-refractivity contribution is 0.0917. The van der Waals surface area contributed by atoms with E-state index in [0.29, 0.717) is 16.8 Å². The number of carbonyl (C=O) groups excluding carboxylic acids is 1. The molecule has 0 amide bonds. The van der Waals surface area contributed by atoms with Crippen LogP contribution in [0.15, 0.2) is 36.4 Å². The third kappa shape index (κ3) is 3.33. The molecule has 0 N–H and O–H groups in total.